The van der Waals surface area contributed by atoms with Crippen LogP contribution in [0.15, 0.2) is 29.9 Å². The summed E-state index contributed by atoms with van der Waals surface area (Å²) >= 11 is 1.53. The van der Waals surface area contributed by atoms with E-state index in [0.29, 0.717) is 0 Å². The van der Waals surface area contributed by atoms with Crippen molar-refractivity contribution in [2.75, 3.05) is 18.1 Å². The van der Waals surface area contributed by atoms with Gasteiger partial charge in [0.1, 0.15) is 18.0 Å². The van der Waals surface area contributed by atoms with E-state index in [0.717, 1.165) is 29.8 Å². The molecule has 5 nitrogen and oxygen atoms in total. The smallest absolute Gasteiger partial charge is 0.191 e. The Morgan fingerprint density at radius 2 is 2.29 bits per heavy atom. The normalized spacial score (nSPS) is 10.5. The molecule has 0 bridgehead atoms. The second-order valence-corrected chi connectivity index (χ2v) is 4.27. The van der Waals surface area contributed by atoms with Crippen LogP contribution in [0, 0.1) is 0 Å². The van der Waals surface area contributed by atoms with Gasteiger partial charge in [0.2, 0.25) is 0 Å². The number of aromatic nitrogens is 4. The topological polar surface area (TPSA) is 55.6 Å². The molecule has 90 valence electrons. The van der Waals surface area contributed by atoms with Gasteiger partial charge in [-0.1, -0.05) is 18.7 Å². The molecule has 2 rings (SSSR count). The van der Waals surface area contributed by atoms with Crippen LogP contribution in [-0.4, -0.2) is 32.3 Å². The lowest BCUT2D eigenvalue weighted by Crippen LogP contribution is -2.06. The Hall–Kier alpha value is -1.56. The van der Waals surface area contributed by atoms with Gasteiger partial charge in [0.25, 0.3) is 0 Å². The average Bonchev–Trinajstić information content (AvgIpc) is 2.89. The molecule has 0 unspecified atom stereocenters. The van der Waals surface area contributed by atoms with Gasteiger partial charge in [0.05, 0.1) is 0 Å². The molecule has 2 aromatic rings. The largest absolute Gasteiger partial charge is 0.370 e. The molecule has 0 radical (unpaired) electrons. The first-order valence-electron chi connectivity index (χ1n) is 5.48. The summed E-state index contributed by atoms with van der Waals surface area (Å²) in [7, 11) is 0. The molecule has 0 aromatic carbocycles. The predicted molar refractivity (Wildman–Crippen MR) is 69.7 cm³/mol. The van der Waals surface area contributed by atoms with Crippen molar-refractivity contribution in [2.45, 2.75) is 18.5 Å². The minimum Gasteiger partial charge on any atom is -0.370 e. The molecule has 6 heteroatoms. The van der Waals surface area contributed by atoms with Crippen LogP contribution < -0.4 is 5.32 Å². The summed E-state index contributed by atoms with van der Waals surface area (Å²) in [4.78, 5) is 12.9. The van der Waals surface area contributed by atoms with Crippen molar-refractivity contribution >= 4 is 17.6 Å². The summed E-state index contributed by atoms with van der Waals surface area (Å²) in [5.74, 6) is 1.69. The summed E-state index contributed by atoms with van der Waals surface area (Å²) in [6, 6.07) is 1.93. The highest BCUT2D eigenvalue weighted by molar-refractivity contribution is 7.98. The number of hydrogen-bond acceptors (Lipinski definition) is 5. The van der Waals surface area contributed by atoms with Gasteiger partial charge in [-0.3, -0.25) is 4.57 Å². The van der Waals surface area contributed by atoms with Crippen molar-refractivity contribution in [2.24, 2.45) is 0 Å². The molecule has 0 saturated carbocycles. The maximum Gasteiger partial charge on any atom is 0.191 e. The van der Waals surface area contributed by atoms with E-state index < -0.39 is 0 Å². The van der Waals surface area contributed by atoms with Gasteiger partial charge >= 0.3 is 0 Å². The Balaban J connectivity index is 2.32. The molecule has 1 N–H and O–H groups in total. The lowest BCUT2D eigenvalue weighted by atomic mass is 10.4. The molecule has 0 spiro atoms. The SMILES string of the molecule is CCCNc1cc(-n2ccnc2)nc(SC)n1. The van der Waals surface area contributed by atoms with Gasteiger partial charge in [-0.05, 0) is 12.7 Å². The number of thioether (sulfide) groups is 1. The Morgan fingerprint density at radius 1 is 1.41 bits per heavy atom. The van der Waals surface area contributed by atoms with Crippen molar-refractivity contribution in [1.29, 1.82) is 0 Å². The second-order valence-electron chi connectivity index (χ2n) is 3.49. The summed E-state index contributed by atoms with van der Waals surface area (Å²) in [5, 5.41) is 4.03. The highest BCUT2D eigenvalue weighted by Gasteiger charge is 2.04. The monoisotopic (exact) mass is 249 g/mol. The molecular formula is C11H15N5S. The number of imidazole rings is 1. The molecular weight excluding hydrogens is 234 g/mol. The first-order valence-corrected chi connectivity index (χ1v) is 6.71. The number of nitrogens with zero attached hydrogens (tertiary/aromatic N) is 4. The van der Waals surface area contributed by atoms with Crippen LogP contribution >= 0.6 is 11.8 Å². The minimum atomic E-state index is 0.759. The number of hydrogen-bond donors (Lipinski definition) is 1. The van der Waals surface area contributed by atoms with E-state index in [9.17, 15) is 0 Å². The first-order chi connectivity index (χ1) is 8.33. The second kappa shape index (κ2) is 5.67. The van der Waals surface area contributed by atoms with Gasteiger partial charge in [-0.2, -0.15) is 0 Å². The van der Waals surface area contributed by atoms with E-state index >= 15 is 0 Å². The van der Waals surface area contributed by atoms with Gasteiger partial charge in [0.15, 0.2) is 5.16 Å². The zero-order chi connectivity index (χ0) is 12.1. The molecule has 0 aliphatic heterocycles. The third-order valence-corrected chi connectivity index (χ3v) is 2.75. The van der Waals surface area contributed by atoms with Crippen LogP contribution in [0.5, 0.6) is 0 Å². The zero-order valence-electron chi connectivity index (χ0n) is 9.92. The minimum absolute atomic E-state index is 0.759. The standard InChI is InChI=1S/C11H15N5S/c1-3-4-13-9-7-10(15-11(14-9)17-2)16-6-5-12-8-16/h5-8H,3-4H2,1-2H3,(H,13,14,15). The van der Waals surface area contributed by atoms with Crippen LogP contribution in [0.1, 0.15) is 13.3 Å². The lowest BCUT2D eigenvalue weighted by Gasteiger charge is -2.08. The summed E-state index contributed by atoms with van der Waals surface area (Å²) in [6.07, 6.45) is 8.38. The van der Waals surface area contributed by atoms with Crippen LogP contribution in [0.4, 0.5) is 5.82 Å². The number of anilines is 1. The quantitative estimate of drug-likeness (QED) is 0.650. The predicted octanol–water partition coefficient (Wildman–Crippen LogP) is 2.21. The maximum atomic E-state index is 4.44. The van der Waals surface area contributed by atoms with Crippen molar-refractivity contribution in [3.05, 3.63) is 24.8 Å². The highest BCUT2D eigenvalue weighted by Crippen LogP contribution is 2.16. The summed E-state index contributed by atoms with van der Waals surface area (Å²) in [5.41, 5.74) is 0. The third-order valence-electron chi connectivity index (χ3n) is 2.20. The van der Waals surface area contributed by atoms with Crippen molar-refractivity contribution < 1.29 is 0 Å². The zero-order valence-corrected chi connectivity index (χ0v) is 10.7. The summed E-state index contributed by atoms with van der Waals surface area (Å²) in [6.45, 7) is 3.04. The van der Waals surface area contributed by atoms with E-state index in [-0.39, 0.29) is 0 Å². The fraction of sp³-hybridized carbons (Fsp3) is 0.364. The van der Waals surface area contributed by atoms with Crippen molar-refractivity contribution in [1.82, 2.24) is 19.5 Å². The molecule has 0 saturated heterocycles. The molecule has 0 aliphatic carbocycles. The van der Waals surface area contributed by atoms with Gasteiger partial charge in [0, 0.05) is 25.0 Å². The highest BCUT2D eigenvalue weighted by atomic mass is 32.2. The van der Waals surface area contributed by atoms with Gasteiger partial charge < -0.3 is 5.32 Å². The fourth-order valence-electron chi connectivity index (χ4n) is 1.37. The molecule has 17 heavy (non-hydrogen) atoms. The average molecular weight is 249 g/mol. The molecule has 0 atom stereocenters. The fourth-order valence-corrected chi connectivity index (χ4v) is 1.75. The van der Waals surface area contributed by atoms with Crippen LogP contribution in [-0.2, 0) is 0 Å². The Bertz CT molecular complexity index is 469. The van der Waals surface area contributed by atoms with Crippen LogP contribution in [0.2, 0.25) is 0 Å². The first kappa shape index (κ1) is 11.9. The van der Waals surface area contributed by atoms with Crippen molar-refractivity contribution in [3.8, 4) is 5.82 Å². The Labute approximate surface area is 105 Å². The van der Waals surface area contributed by atoms with Crippen LogP contribution in [0.3, 0.4) is 0 Å². The van der Waals surface area contributed by atoms with E-state index in [2.05, 4.69) is 27.2 Å². The van der Waals surface area contributed by atoms with Gasteiger partial charge in [-0.15, -0.1) is 0 Å². The molecule has 2 aromatic heterocycles. The Morgan fingerprint density at radius 3 is 2.94 bits per heavy atom. The van der Waals surface area contributed by atoms with Crippen molar-refractivity contribution in [3.63, 3.8) is 0 Å². The molecule has 2 heterocycles. The third kappa shape index (κ3) is 2.97. The van der Waals surface area contributed by atoms with Gasteiger partial charge in [-0.25, -0.2) is 15.0 Å². The van der Waals surface area contributed by atoms with E-state index in [1.54, 1.807) is 12.5 Å². The van der Waals surface area contributed by atoms with Crippen LogP contribution in [0.25, 0.3) is 5.82 Å². The molecule has 0 aliphatic rings. The van der Waals surface area contributed by atoms with E-state index in [4.69, 9.17) is 0 Å². The number of nitrogens with one attached hydrogen (secondary N) is 1. The molecule has 0 amide bonds. The maximum absolute atomic E-state index is 4.44. The Kier molecular flexibility index (Phi) is 3.98. The van der Waals surface area contributed by atoms with E-state index in [1.807, 2.05) is 23.1 Å². The molecule has 0 fully saturated rings. The lowest BCUT2D eigenvalue weighted by molar-refractivity contribution is 0.878. The summed E-state index contributed by atoms with van der Waals surface area (Å²) < 4.78 is 1.87. The number of rotatable bonds is 5. The van der Waals surface area contributed by atoms with E-state index in [1.165, 1.54) is 11.8 Å².